The molecule has 0 radical (unpaired) electrons. The van der Waals surface area contributed by atoms with E-state index < -0.39 is 0 Å². The van der Waals surface area contributed by atoms with E-state index in [9.17, 15) is 9.59 Å². The number of nitrogens with zero attached hydrogens (tertiary/aromatic N) is 2. The van der Waals surface area contributed by atoms with Crippen LogP contribution in [0.1, 0.15) is 33.3 Å². The first-order valence-electron chi connectivity index (χ1n) is 8.11. The van der Waals surface area contributed by atoms with Gasteiger partial charge >= 0.3 is 0 Å². The van der Waals surface area contributed by atoms with Crippen molar-refractivity contribution in [3.05, 3.63) is 77.5 Å². The van der Waals surface area contributed by atoms with E-state index in [4.69, 9.17) is 0 Å². The Bertz CT molecular complexity index is 952. The second-order valence-corrected chi connectivity index (χ2v) is 5.89. The van der Waals surface area contributed by atoms with E-state index in [-0.39, 0.29) is 17.4 Å². The number of benzene rings is 2. The highest BCUT2D eigenvalue weighted by Crippen LogP contribution is 2.16. The van der Waals surface area contributed by atoms with Gasteiger partial charge in [-0.25, -0.2) is 0 Å². The van der Waals surface area contributed by atoms with Crippen molar-refractivity contribution in [3.8, 4) is 0 Å². The maximum atomic E-state index is 12.2. The third kappa shape index (κ3) is 4.30. The second-order valence-electron chi connectivity index (χ2n) is 5.89. The molecule has 0 atom stereocenters. The summed E-state index contributed by atoms with van der Waals surface area (Å²) in [6.45, 7) is 3.47. The number of amides is 1. The maximum absolute atomic E-state index is 12.2. The van der Waals surface area contributed by atoms with Crippen LogP contribution in [-0.2, 0) is 0 Å². The highest BCUT2D eigenvalue weighted by molar-refractivity contribution is 6.02. The van der Waals surface area contributed by atoms with Gasteiger partial charge in [-0.3, -0.25) is 9.59 Å². The lowest BCUT2D eigenvalue weighted by molar-refractivity contribution is 0.101. The van der Waals surface area contributed by atoms with Crippen molar-refractivity contribution in [1.82, 2.24) is 10.2 Å². The van der Waals surface area contributed by atoms with E-state index in [2.05, 4.69) is 20.8 Å². The van der Waals surface area contributed by atoms with Crippen LogP contribution in [0.3, 0.4) is 0 Å². The van der Waals surface area contributed by atoms with Crippen molar-refractivity contribution in [2.75, 3.05) is 10.6 Å². The molecule has 2 N–H and O–H groups in total. The quantitative estimate of drug-likeness (QED) is 0.683. The molecule has 1 aromatic heterocycles. The highest BCUT2D eigenvalue weighted by Gasteiger charge is 2.09. The van der Waals surface area contributed by atoms with Crippen LogP contribution < -0.4 is 10.6 Å². The summed E-state index contributed by atoms with van der Waals surface area (Å²) < 4.78 is 0. The van der Waals surface area contributed by atoms with Crippen LogP contribution in [0.25, 0.3) is 0 Å². The number of anilines is 3. The summed E-state index contributed by atoms with van der Waals surface area (Å²) in [6.07, 6.45) is 0. The molecule has 6 heteroatoms. The maximum Gasteiger partial charge on any atom is 0.276 e. The van der Waals surface area contributed by atoms with Crippen molar-refractivity contribution in [3.63, 3.8) is 0 Å². The minimum absolute atomic E-state index is 0.0112. The van der Waals surface area contributed by atoms with Gasteiger partial charge in [-0.2, -0.15) is 0 Å². The minimum Gasteiger partial charge on any atom is -0.339 e. The second kappa shape index (κ2) is 7.57. The molecule has 3 aromatic rings. The first-order chi connectivity index (χ1) is 12.5. The molecule has 0 aliphatic rings. The van der Waals surface area contributed by atoms with Crippen LogP contribution in [0, 0.1) is 6.92 Å². The molecule has 26 heavy (non-hydrogen) atoms. The zero-order valence-electron chi connectivity index (χ0n) is 14.5. The van der Waals surface area contributed by atoms with E-state index >= 15 is 0 Å². The molecular weight excluding hydrogens is 328 g/mol. The Morgan fingerprint density at radius 3 is 2.35 bits per heavy atom. The number of ketones is 1. The summed E-state index contributed by atoms with van der Waals surface area (Å²) in [5.74, 6) is 0.147. The van der Waals surface area contributed by atoms with E-state index in [0.29, 0.717) is 17.1 Å². The molecule has 0 saturated carbocycles. The molecule has 0 saturated heterocycles. The van der Waals surface area contributed by atoms with Crippen molar-refractivity contribution >= 4 is 28.9 Å². The number of Topliss-reactive ketones (excluding diaryl/α,β-unsaturated/α-hetero) is 1. The van der Waals surface area contributed by atoms with Crippen LogP contribution in [0.4, 0.5) is 17.2 Å². The number of aryl methyl sites for hydroxylation is 1. The van der Waals surface area contributed by atoms with Gasteiger partial charge in [-0.1, -0.05) is 24.3 Å². The number of carbonyl (C=O) groups is 2. The van der Waals surface area contributed by atoms with E-state index in [1.807, 2.05) is 37.3 Å². The molecule has 0 aliphatic carbocycles. The van der Waals surface area contributed by atoms with E-state index in [1.165, 1.54) is 6.92 Å². The average molecular weight is 346 g/mol. The van der Waals surface area contributed by atoms with Crippen molar-refractivity contribution in [2.45, 2.75) is 13.8 Å². The molecular formula is C20H18N4O2. The van der Waals surface area contributed by atoms with Gasteiger partial charge in [0.05, 0.1) is 0 Å². The van der Waals surface area contributed by atoms with Gasteiger partial charge in [0.1, 0.15) is 0 Å². The van der Waals surface area contributed by atoms with E-state index in [0.717, 1.165) is 11.3 Å². The molecule has 2 aromatic carbocycles. The normalized spacial score (nSPS) is 10.2. The third-order valence-electron chi connectivity index (χ3n) is 3.71. The molecule has 6 nitrogen and oxygen atoms in total. The lowest BCUT2D eigenvalue weighted by Crippen LogP contribution is -2.14. The van der Waals surface area contributed by atoms with Gasteiger partial charge in [0.25, 0.3) is 5.91 Å². The Morgan fingerprint density at radius 1 is 0.885 bits per heavy atom. The molecule has 3 rings (SSSR count). The van der Waals surface area contributed by atoms with Crippen LogP contribution in [0.5, 0.6) is 0 Å². The van der Waals surface area contributed by atoms with Crippen molar-refractivity contribution < 1.29 is 9.59 Å². The number of carbonyl (C=O) groups excluding carboxylic acids is 2. The van der Waals surface area contributed by atoms with Gasteiger partial charge in [-0.05, 0) is 55.8 Å². The van der Waals surface area contributed by atoms with Crippen LogP contribution in [0.15, 0.2) is 60.7 Å². The number of rotatable bonds is 5. The first-order valence-corrected chi connectivity index (χ1v) is 8.11. The molecule has 0 unspecified atom stereocenters. The molecule has 0 bridgehead atoms. The third-order valence-corrected chi connectivity index (χ3v) is 3.71. The zero-order chi connectivity index (χ0) is 18.5. The Morgan fingerprint density at radius 2 is 1.65 bits per heavy atom. The first kappa shape index (κ1) is 17.3. The smallest absolute Gasteiger partial charge is 0.276 e. The number of hydrogen-bond acceptors (Lipinski definition) is 5. The lowest BCUT2D eigenvalue weighted by atomic mass is 10.1. The Kier molecular flexibility index (Phi) is 5.03. The van der Waals surface area contributed by atoms with Crippen molar-refractivity contribution in [1.29, 1.82) is 0 Å². The van der Waals surface area contributed by atoms with Crippen LogP contribution in [0.2, 0.25) is 0 Å². The highest BCUT2D eigenvalue weighted by atomic mass is 16.2. The fourth-order valence-corrected chi connectivity index (χ4v) is 2.40. The molecule has 0 fully saturated rings. The number of nitrogens with one attached hydrogen (secondary N) is 2. The van der Waals surface area contributed by atoms with Crippen LogP contribution in [-0.4, -0.2) is 21.9 Å². The largest absolute Gasteiger partial charge is 0.339 e. The number of aromatic nitrogens is 2. The fraction of sp³-hybridized carbons (Fsp3) is 0.100. The SMILES string of the molecule is CC(=O)c1cccc(Nc2ccc(C(=O)Nc3cccc(C)c3)nn2)c1. The van der Waals surface area contributed by atoms with Gasteiger partial charge in [0, 0.05) is 16.9 Å². The van der Waals surface area contributed by atoms with Gasteiger partial charge in [0.15, 0.2) is 17.3 Å². The average Bonchev–Trinajstić information content (AvgIpc) is 2.62. The Labute approximate surface area is 151 Å². The summed E-state index contributed by atoms with van der Waals surface area (Å²) in [5, 5.41) is 13.8. The standard InChI is InChI=1S/C20H18N4O2/c1-13-5-3-7-16(11-13)22-20(26)18-9-10-19(24-23-18)21-17-8-4-6-15(12-17)14(2)25/h3-12H,1-2H3,(H,21,24)(H,22,26). The van der Waals surface area contributed by atoms with Crippen LogP contribution >= 0.6 is 0 Å². The summed E-state index contributed by atoms with van der Waals surface area (Å²) in [7, 11) is 0. The predicted octanol–water partition coefficient (Wildman–Crippen LogP) is 3.98. The topological polar surface area (TPSA) is 84.0 Å². The zero-order valence-corrected chi connectivity index (χ0v) is 14.5. The molecule has 1 heterocycles. The number of hydrogen-bond donors (Lipinski definition) is 2. The predicted molar refractivity (Wildman–Crippen MR) is 101 cm³/mol. The lowest BCUT2D eigenvalue weighted by Gasteiger charge is -2.08. The van der Waals surface area contributed by atoms with Crippen molar-refractivity contribution in [2.24, 2.45) is 0 Å². The van der Waals surface area contributed by atoms with Gasteiger partial charge < -0.3 is 10.6 Å². The molecule has 0 spiro atoms. The minimum atomic E-state index is -0.326. The summed E-state index contributed by atoms with van der Waals surface area (Å²) in [4.78, 5) is 23.7. The van der Waals surface area contributed by atoms with E-state index in [1.54, 1.807) is 30.3 Å². The molecule has 0 aliphatic heterocycles. The Hall–Kier alpha value is -3.54. The molecule has 1 amide bonds. The monoisotopic (exact) mass is 346 g/mol. The summed E-state index contributed by atoms with van der Waals surface area (Å²) >= 11 is 0. The fourth-order valence-electron chi connectivity index (χ4n) is 2.40. The summed E-state index contributed by atoms with van der Waals surface area (Å²) in [6, 6.07) is 17.9. The van der Waals surface area contributed by atoms with Gasteiger partial charge in [0.2, 0.25) is 0 Å². The summed E-state index contributed by atoms with van der Waals surface area (Å²) in [5.41, 5.74) is 3.32. The van der Waals surface area contributed by atoms with Gasteiger partial charge in [-0.15, -0.1) is 10.2 Å². The Balaban J connectivity index is 1.69. The molecule has 130 valence electrons.